The first-order chi connectivity index (χ1) is 21.7. The molecule has 0 fully saturated rings. The van der Waals surface area contributed by atoms with E-state index in [1.54, 1.807) is 12.0 Å². The van der Waals surface area contributed by atoms with Crippen LogP contribution in [0.1, 0.15) is 63.5 Å². The van der Waals surface area contributed by atoms with Gasteiger partial charge in [-0.15, -0.1) is 0 Å². The smallest absolute Gasteiger partial charge is 0.329 e. The lowest BCUT2D eigenvalue weighted by Crippen LogP contribution is -2.50. The van der Waals surface area contributed by atoms with Crippen LogP contribution in [0, 0.1) is 0 Å². The third-order valence-corrected chi connectivity index (χ3v) is 7.26. The van der Waals surface area contributed by atoms with Crippen LogP contribution in [0.4, 0.5) is 0 Å². The minimum Gasteiger partial charge on any atom is -0.497 e. The summed E-state index contributed by atoms with van der Waals surface area (Å²) in [4.78, 5) is 52.7. The number of carbonyl (C=O) groups is 4. The predicted molar refractivity (Wildman–Crippen MR) is 172 cm³/mol. The molecule has 3 atom stereocenters. The summed E-state index contributed by atoms with van der Waals surface area (Å²) in [5.41, 5.74) is 8.58. The number of hydrogen-bond acceptors (Lipinski definition) is 9. The van der Waals surface area contributed by atoms with E-state index in [1.165, 1.54) is 7.11 Å². The van der Waals surface area contributed by atoms with Crippen molar-refractivity contribution in [3.63, 3.8) is 0 Å². The number of methoxy groups -OCH3 is 2. The first-order valence-corrected chi connectivity index (χ1v) is 15.7. The summed E-state index contributed by atoms with van der Waals surface area (Å²) in [5.74, 6) is -1.12. The maximum absolute atomic E-state index is 13.6. The number of rotatable bonds is 21. The zero-order valence-electron chi connectivity index (χ0n) is 27.1. The second-order valence-electron chi connectivity index (χ2n) is 10.9. The van der Waals surface area contributed by atoms with Gasteiger partial charge in [0.1, 0.15) is 17.9 Å². The number of hydrogen-bond donors (Lipinski definition) is 3. The number of nitrogens with zero attached hydrogens (tertiary/aromatic N) is 1. The van der Waals surface area contributed by atoms with Crippen molar-refractivity contribution >= 4 is 23.8 Å². The summed E-state index contributed by atoms with van der Waals surface area (Å²) in [6.45, 7) is 5.96. The Hall–Kier alpha value is -3.96. The maximum Gasteiger partial charge on any atom is 0.329 e. The van der Waals surface area contributed by atoms with Crippen LogP contribution < -0.4 is 21.1 Å². The molecule has 11 nitrogen and oxygen atoms in total. The van der Waals surface area contributed by atoms with Gasteiger partial charge in [0, 0.05) is 45.1 Å². The third-order valence-electron chi connectivity index (χ3n) is 7.26. The molecule has 0 aliphatic heterocycles. The van der Waals surface area contributed by atoms with Crippen LogP contribution in [0.3, 0.4) is 0 Å². The quantitative estimate of drug-likeness (QED) is 0.178. The summed E-state index contributed by atoms with van der Waals surface area (Å²) < 4.78 is 15.9. The molecule has 0 radical (unpaired) electrons. The second-order valence-corrected chi connectivity index (χ2v) is 10.9. The zero-order chi connectivity index (χ0) is 33.0. The van der Waals surface area contributed by atoms with E-state index in [9.17, 15) is 19.2 Å². The molecule has 0 aromatic heterocycles. The molecule has 0 saturated heterocycles. The Morgan fingerprint density at radius 3 is 2.22 bits per heavy atom. The molecule has 0 heterocycles. The minimum absolute atomic E-state index is 0.0451. The van der Waals surface area contributed by atoms with E-state index in [1.807, 2.05) is 68.4 Å². The van der Waals surface area contributed by atoms with Gasteiger partial charge in [-0.1, -0.05) is 56.3 Å². The van der Waals surface area contributed by atoms with Gasteiger partial charge >= 0.3 is 11.9 Å². The molecule has 0 spiro atoms. The van der Waals surface area contributed by atoms with E-state index in [0.29, 0.717) is 26.1 Å². The molecule has 2 amide bonds. The van der Waals surface area contributed by atoms with Crippen molar-refractivity contribution in [3.8, 4) is 5.75 Å². The second kappa shape index (κ2) is 20.9. The standard InChI is InChI=1S/C34H50N4O7/c1-5-19-38(20-6-2)32(40)17-15-29(37-31(39)16-18-33(41)44-4)34(42)45-30(28(35)22-25-11-8-7-9-12-25)24-36-23-26-13-10-14-27(21-26)43-3/h7-14,21,28-30,36H,5-6,15-20,22-24,35H2,1-4H3,(H,37,39)/t28-,29+,30+/m0/s1. The van der Waals surface area contributed by atoms with E-state index in [4.69, 9.17) is 15.2 Å². The fourth-order valence-corrected chi connectivity index (χ4v) is 4.83. The van der Waals surface area contributed by atoms with Gasteiger partial charge in [-0.25, -0.2) is 4.79 Å². The van der Waals surface area contributed by atoms with Crippen molar-refractivity contribution in [3.05, 3.63) is 65.7 Å². The Kier molecular flexibility index (Phi) is 17.3. The number of amides is 2. The molecular formula is C34H50N4O7. The molecule has 0 aliphatic rings. The highest BCUT2D eigenvalue weighted by Crippen LogP contribution is 2.14. The Bertz CT molecular complexity index is 1190. The lowest BCUT2D eigenvalue weighted by atomic mass is 10.0. The lowest BCUT2D eigenvalue weighted by molar-refractivity contribution is -0.154. The number of nitrogens with one attached hydrogen (secondary N) is 2. The fourth-order valence-electron chi connectivity index (χ4n) is 4.83. The van der Waals surface area contributed by atoms with E-state index in [2.05, 4.69) is 15.4 Å². The van der Waals surface area contributed by atoms with Gasteiger partial charge in [-0.05, 0) is 48.9 Å². The molecule has 248 valence electrons. The average Bonchev–Trinajstić information content (AvgIpc) is 3.05. The largest absolute Gasteiger partial charge is 0.497 e. The van der Waals surface area contributed by atoms with E-state index < -0.39 is 36.0 Å². The highest BCUT2D eigenvalue weighted by atomic mass is 16.5. The number of carbonyl (C=O) groups excluding carboxylic acids is 4. The van der Waals surface area contributed by atoms with Gasteiger partial charge in [0.05, 0.1) is 20.6 Å². The van der Waals surface area contributed by atoms with Crippen molar-refractivity contribution in [1.29, 1.82) is 0 Å². The number of esters is 2. The van der Waals surface area contributed by atoms with Crippen LogP contribution in [0.25, 0.3) is 0 Å². The Labute approximate surface area is 267 Å². The van der Waals surface area contributed by atoms with E-state index in [-0.39, 0.29) is 38.1 Å². The third kappa shape index (κ3) is 14.1. The van der Waals surface area contributed by atoms with Crippen LogP contribution in [-0.2, 0) is 41.6 Å². The molecule has 2 rings (SSSR count). The number of nitrogens with two attached hydrogens (primary N) is 1. The Balaban J connectivity index is 2.20. The highest BCUT2D eigenvalue weighted by Gasteiger charge is 2.29. The first-order valence-electron chi connectivity index (χ1n) is 15.7. The minimum atomic E-state index is -1.10. The van der Waals surface area contributed by atoms with Crippen molar-refractivity contribution in [2.75, 3.05) is 33.9 Å². The van der Waals surface area contributed by atoms with Crippen LogP contribution >= 0.6 is 0 Å². The molecule has 45 heavy (non-hydrogen) atoms. The van der Waals surface area contributed by atoms with Gasteiger partial charge in [0.2, 0.25) is 11.8 Å². The van der Waals surface area contributed by atoms with Crippen molar-refractivity contribution in [1.82, 2.24) is 15.5 Å². The molecular weight excluding hydrogens is 576 g/mol. The lowest BCUT2D eigenvalue weighted by Gasteiger charge is -2.28. The van der Waals surface area contributed by atoms with Gasteiger partial charge in [0.25, 0.3) is 0 Å². The van der Waals surface area contributed by atoms with Crippen LogP contribution in [-0.4, -0.2) is 80.7 Å². The fraction of sp³-hybridized carbons (Fsp3) is 0.529. The highest BCUT2D eigenvalue weighted by molar-refractivity contribution is 5.87. The van der Waals surface area contributed by atoms with Gasteiger partial charge in [-0.2, -0.15) is 0 Å². The monoisotopic (exact) mass is 626 g/mol. The van der Waals surface area contributed by atoms with E-state index in [0.717, 1.165) is 29.7 Å². The summed E-state index contributed by atoms with van der Waals surface area (Å²) >= 11 is 0. The topological polar surface area (TPSA) is 149 Å². The zero-order valence-corrected chi connectivity index (χ0v) is 27.1. The van der Waals surface area contributed by atoms with Crippen molar-refractivity contribution in [2.45, 2.75) is 83.5 Å². The molecule has 0 saturated carbocycles. The van der Waals surface area contributed by atoms with Crippen molar-refractivity contribution < 1.29 is 33.4 Å². The van der Waals surface area contributed by atoms with Gasteiger partial charge in [-0.3, -0.25) is 14.4 Å². The van der Waals surface area contributed by atoms with Crippen molar-refractivity contribution in [2.24, 2.45) is 5.73 Å². The summed E-state index contributed by atoms with van der Waals surface area (Å²) in [6.07, 6.45) is 1.12. The van der Waals surface area contributed by atoms with Crippen LogP contribution in [0.15, 0.2) is 54.6 Å². The van der Waals surface area contributed by atoms with Crippen LogP contribution in [0.5, 0.6) is 5.75 Å². The molecule has 0 bridgehead atoms. The SMILES string of the molecule is CCCN(CCC)C(=O)CC[C@@H](NC(=O)CCC(=O)OC)C(=O)O[C@H](CNCc1cccc(OC)c1)[C@@H](N)Cc1ccccc1. The molecule has 2 aromatic rings. The first kappa shape index (κ1) is 37.2. The van der Waals surface area contributed by atoms with Gasteiger partial charge in [0.15, 0.2) is 0 Å². The van der Waals surface area contributed by atoms with Gasteiger partial charge < -0.3 is 35.5 Å². The summed E-state index contributed by atoms with van der Waals surface area (Å²) in [5, 5.41) is 6.00. The summed E-state index contributed by atoms with van der Waals surface area (Å²) in [6, 6.07) is 15.6. The molecule has 2 aromatic carbocycles. The average molecular weight is 627 g/mol. The predicted octanol–water partition coefficient (Wildman–Crippen LogP) is 3.13. The normalized spacial score (nSPS) is 12.8. The van der Waals surface area contributed by atoms with E-state index >= 15 is 0 Å². The molecule has 0 aliphatic carbocycles. The maximum atomic E-state index is 13.6. The summed E-state index contributed by atoms with van der Waals surface area (Å²) in [7, 11) is 2.85. The molecule has 4 N–H and O–H groups in total. The molecule has 0 unspecified atom stereocenters. The van der Waals surface area contributed by atoms with Crippen LogP contribution in [0.2, 0.25) is 0 Å². The molecule has 11 heteroatoms. The number of benzene rings is 2. The Morgan fingerprint density at radius 2 is 1.58 bits per heavy atom. The Morgan fingerprint density at radius 1 is 0.889 bits per heavy atom. The number of ether oxygens (including phenoxy) is 3.